The molecule has 0 spiro atoms. The maximum atomic E-state index is 13.6. The largest absolute Gasteiger partial charge is 0.417 e. The Morgan fingerprint density at radius 3 is 2.71 bits per heavy atom. The highest BCUT2D eigenvalue weighted by atomic mass is 19.4. The Morgan fingerprint density at radius 2 is 2.00 bits per heavy atom. The van der Waals surface area contributed by atoms with Crippen molar-refractivity contribution in [1.29, 1.82) is 0 Å². The van der Waals surface area contributed by atoms with E-state index < -0.39 is 11.7 Å². The van der Waals surface area contributed by atoms with E-state index in [0.717, 1.165) is 6.20 Å². The minimum absolute atomic E-state index is 0.00541. The molecule has 0 bridgehead atoms. The van der Waals surface area contributed by atoms with Gasteiger partial charge in [-0.15, -0.1) is 0 Å². The number of alkyl halides is 3. The van der Waals surface area contributed by atoms with E-state index in [1.807, 2.05) is 6.92 Å². The van der Waals surface area contributed by atoms with Gasteiger partial charge in [-0.1, -0.05) is 23.4 Å². The summed E-state index contributed by atoms with van der Waals surface area (Å²) in [6.07, 6.45) is -2.99. The molecule has 1 atom stereocenters. The van der Waals surface area contributed by atoms with Gasteiger partial charge in [0, 0.05) is 24.0 Å². The molecule has 0 amide bonds. The molecule has 0 aliphatic carbocycles. The van der Waals surface area contributed by atoms with Crippen molar-refractivity contribution in [3.63, 3.8) is 0 Å². The molecule has 0 fully saturated rings. The van der Waals surface area contributed by atoms with Crippen molar-refractivity contribution in [3.8, 4) is 11.5 Å². The van der Waals surface area contributed by atoms with E-state index in [0.29, 0.717) is 12.2 Å². The van der Waals surface area contributed by atoms with Crippen LogP contribution in [0.3, 0.4) is 0 Å². The van der Waals surface area contributed by atoms with Gasteiger partial charge in [-0.2, -0.15) is 18.2 Å². The first-order valence-electron chi connectivity index (χ1n) is 7.35. The predicted octanol–water partition coefficient (Wildman–Crippen LogP) is 3.45. The first-order chi connectivity index (χ1) is 11.4. The van der Waals surface area contributed by atoms with Gasteiger partial charge in [-0.3, -0.25) is 4.98 Å². The zero-order valence-corrected chi connectivity index (χ0v) is 13.1. The number of pyridine rings is 1. The number of halogens is 3. The summed E-state index contributed by atoms with van der Waals surface area (Å²) in [6, 6.07) is 6.17. The quantitative estimate of drug-likeness (QED) is 0.790. The maximum absolute atomic E-state index is 13.6. The third kappa shape index (κ3) is 3.09. The number of hydrogen-bond donors (Lipinski definition) is 1. The Hall–Kier alpha value is -2.48. The van der Waals surface area contributed by atoms with E-state index in [-0.39, 0.29) is 28.4 Å². The van der Waals surface area contributed by atoms with E-state index in [9.17, 15) is 13.2 Å². The minimum Gasteiger partial charge on any atom is -0.334 e. The summed E-state index contributed by atoms with van der Waals surface area (Å²) in [5, 5.41) is 6.78. The normalized spacial score (nSPS) is 13.4. The number of nitrogens with zero attached hydrogens (tertiary/aromatic N) is 3. The van der Waals surface area contributed by atoms with Gasteiger partial charge < -0.3 is 9.84 Å². The van der Waals surface area contributed by atoms with Crippen LogP contribution in [0.1, 0.15) is 18.3 Å². The Kier molecular flexibility index (Phi) is 4.23. The third-order valence-corrected chi connectivity index (χ3v) is 3.74. The zero-order valence-electron chi connectivity index (χ0n) is 13.1. The molecule has 1 N–H and O–H groups in total. The van der Waals surface area contributed by atoms with Gasteiger partial charge in [-0.05, 0) is 20.0 Å². The van der Waals surface area contributed by atoms with E-state index in [1.54, 1.807) is 13.1 Å². The molecule has 5 nitrogen and oxygen atoms in total. The molecule has 126 valence electrons. The lowest BCUT2D eigenvalue weighted by atomic mass is 10.0. The van der Waals surface area contributed by atoms with Crippen molar-refractivity contribution in [2.75, 3.05) is 7.05 Å². The monoisotopic (exact) mass is 336 g/mol. The van der Waals surface area contributed by atoms with E-state index in [4.69, 9.17) is 4.52 Å². The highest BCUT2D eigenvalue weighted by Crippen LogP contribution is 2.40. The number of fused-ring (bicyclic) bond motifs is 1. The molecule has 3 aromatic rings. The van der Waals surface area contributed by atoms with Crippen LogP contribution in [-0.2, 0) is 12.6 Å². The van der Waals surface area contributed by atoms with Crippen LogP contribution in [0, 0.1) is 0 Å². The van der Waals surface area contributed by atoms with Crippen molar-refractivity contribution in [2.24, 2.45) is 0 Å². The van der Waals surface area contributed by atoms with Gasteiger partial charge in [0.2, 0.25) is 0 Å². The fraction of sp³-hybridized carbons (Fsp3) is 0.312. The Bertz CT molecular complexity index is 860. The van der Waals surface area contributed by atoms with E-state index in [2.05, 4.69) is 20.4 Å². The highest BCUT2D eigenvalue weighted by Gasteiger charge is 2.37. The number of aromatic nitrogens is 3. The zero-order chi connectivity index (χ0) is 17.3. The van der Waals surface area contributed by atoms with Crippen molar-refractivity contribution < 1.29 is 17.7 Å². The standard InChI is InChI=1S/C16H15F3N4O/c1-9(20-2)7-13-22-15(24-23-13)11-8-21-12-6-4-3-5-10(12)14(11)16(17,18)19/h3-6,8-9,20H,7H2,1-2H3. The van der Waals surface area contributed by atoms with E-state index >= 15 is 0 Å². The van der Waals surface area contributed by atoms with Gasteiger partial charge >= 0.3 is 6.18 Å². The minimum atomic E-state index is -4.56. The average molecular weight is 336 g/mol. The summed E-state index contributed by atoms with van der Waals surface area (Å²) in [6.45, 7) is 1.91. The van der Waals surface area contributed by atoms with Crippen molar-refractivity contribution in [1.82, 2.24) is 20.4 Å². The lowest BCUT2D eigenvalue weighted by molar-refractivity contribution is -0.135. The van der Waals surface area contributed by atoms with Crippen LogP contribution >= 0.6 is 0 Å². The van der Waals surface area contributed by atoms with Crippen LogP contribution in [-0.4, -0.2) is 28.2 Å². The second-order valence-electron chi connectivity index (χ2n) is 5.47. The molecule has 0 aliphatic rings. The molecule has 0 saturated carbocycles. The summed E-state index contributed by atoms with van der Waals surface area (Å²) in [7, 11) is 1.78. The summed E-state index contributed by atoms with van der Waals surface area (Å²) < 4.78 is 45.9. The molecule has 3 rings (SSSR count). The fourth-order valence-electron chi connectivity index (χ4n) is 2.43. The lowest BCUT2D eigenvalue weighted by Gasteiger charge is -2.13. The Morgan fingerprint density at radius 1 is 1.25 bits per heavy atom. The summed E-state index contributed by atoms with van der Waals surface area (Å²) in [4.78, 5) is 8.17. The molecule has 0 saturated heterocycles. The molecule has 0 radical (unpaired) electrons. The van der Waals surface area contributed by atoms with Gasteiger partial charge in [0.1, 0.15) is 0 Å². The Balaban J connectivity index is 2.13. The number of rotatable bonds is 4. The molecule has 24 heavy (non-hydrogen) atoms. The maximum Gasteiger partial charge on any atom is 0.417 e. The first-order valence-corrected chi connectivity index (χ1v) is 7.35. The average Bonchev–Trinajstić information content (AvgIpc) is 3.01. The second-order valence-corrected chi connectivity index (χ2v) is 5.47. The predicted molar refractivity (Wildman–Crippen MR) is 82.3 cm³/mol. The number of benzene rings is 1. The number of likely N-dealkylation sites (N-methyl/N-ethyl adjacent to an activating group) is 1. The van der Waals surface area contributed by atoms with Crippen molar-refractivity contribution in [2.45, 2.75) is 25.6 Å². The SMILES string of the molecule is CNC(C)Cc1noc(-c2cnc3ccccc3c2C(F)(F)F)n1. The first kappa shape index (κ1) is 16.4. The van der Waals surface area contributed by atoms with Crippen LogP contribution in [0.15, 0.2) is 35.0 Å². The molecular weight excluding hydrogens is 321 g/mol. The van der Waals surface area contributed by atoms with Gasteiger partial charge in [0.15, 0.2) is 5.82 Å². The summed E-state index contributed by atoms with van der Waals surface area (Å²) in [5.74, 6) is 0.159. The van der Waals surface area contributed by atoms with E-state index in [1.165, 1.54) is 18.2 Å². The molecule has 2 heterocycles. The molecule has 8 heteroatoms. The number of hydrogen-bond acceptors (Lipinski definition) is 5. The molecule has 1 aromatic carbocycles. The molecule has 1 unspecified atom stereocenters. The topological polar surface area (TPSA) is 63.8 Å². The summed E-state index contributed by atoms with van der Waals surface area (Å²) in [5.41, 5.74) is -0.765. The molecular formula is C16H15F3N4O. The lowest BCUT2D eigenvalue weighted by Crippen LogP contribution is -2.24. The molecule has 0 aliphatic heterocycles. The second kappa shape index (κ2) is 6.20. The Labute approximate surface area is 135 Å². The summed E-state index contributed by atoms with van der Waals surface area (Å²) >= 11 is 0. The van der Waals surface area contributed by atoms with Crippen molar-refractivity contribution >= 4 is 10.9 Å². The van der Waals surface area contributed by atoms with Crippen LogP contribution < -0.4 is 5.32 Å². The van der Waals surface area contributed by atoms with Gasteiger partial charge in [0.05, 0.1) is 16.6 Å². The highest BCUT2D eigenvalue weighted by molar-refractivity contribution is 5.87. The van der Waals surface area contributed by atoms with Crippen LogP contribution in [0.5, 0.6) is 0 Å². The molecule has 2 aromatic heterocycles. The van der Waals surface area contributed by atoms with Gasteiger partial charge in [-0.25, -0.2) is 0 Å². The number of para-hydroxylation sites is 1. The fourth-order valence-corrected chi connectivity index (χ4v) is 2.43. The van der Waals surface area contributed by atoms with Crippen LogP contribution in [0.2, 0.25) is 0 Å². The van der Waals surface area contributed by atoms with Gasteiger partial charge in [0.25, 0.3) is 5.89 Å². The van der Waals surface area contributed by atoms with Crippen LogP contribution in [0.25, 0.3) is 22.4 Å². The van der Waals surface area contributed by atoms with Crippen LogP contribution in [0.4, 0.5) is 13.2 Å². The smallest absolute Gasteiger partial charge is 0.334 e. The number of nitrogens with one attached hydrogen (secondary N) is 1. The third-order valence-electron chi connectivity index (χ3n) is 3.74. The van der Waals surface area contributed by atoms with Crippen molar-refractivity contribution in [3.05, 3.63) is 41.9 Å².